The largest absolute Gasteiger partial charge is 0.324 e. The zero-order valence-corrected chi connectivity index (χ0v) is 15.5. The summed E-state index contributed by atoms with van der Waals surface area (Å²) < 4.78 is 14.3. The first kappa shape index (κ1) is 18.5. The summed E-state index contributed by atoms with van der Waals surface area (Å²) in [5.41, 5.74) is 2.08. The maximum Gasteiger partial charge on any atom is 0.267 e. The summed E-state index contributed by atoms with van der Waals surface area (Å²) in [6.45, 7) is 1.60. The van der Waals surface area contributed by atoms with Gasteiger partial charge in [-0.1, -0.05) is 6.07 Å². The van der Waals surface area contributed by atoms with Gasteiger partial charge in [-0.25, -0.2) is 9.07 Å². The molecule has 4 aromatic rings. The number of benzene rings is 2. The van der Waals surface area contributed by atoms with Gasteiger partial charge in [0.1, 0.15) is 11.9 Å². The van der Waals surface area contributed by atoms with Crippen molar-refractivity contribution in [1.29, 1.82) is 0 Å². The van der Waals surface area contributed by atoms with Crippen molar-refractivity contribution in [3.8, 4) is 11.3 Å². The lowest BCUT2D eigenvalue weighted by Crippen LogP contribution is -2.33. The van der Waals surface area contributed by atoms with E-state index in [4.69, 9.17) is 0 Å². The lowest BCUT2D eigenvalue weighted by atomic mass is 10.1. The summed E-state index contributed by atoms with van der Waals surface area (Å²) in [5.74, 6) is -0.744. The third-order valence-corrected chi connectivity index (χ3v) is 4.61. The summed E-state index contributed by atoms with van der Waals surface area (Å²) in [6.07, 6.45) is 1.68. The highest BCUT2D eigenvalue weighted by molar-refractivity contribution is 6.02. The predicted molar refractivity (Wildman–Crippen MR) is 109 cm³/mol. The van der Waals surface area contributed by atoms with E-state index in [2.05, 4.69) is 15.4 Å². The number of rotatable bonds is 4. The fraction of sp³-hybridized carbons (Fsp3) is 0.0909. The van der Waals surface area contributed by atoms with Gasteiger partial charge in [0.15, 0.2) is 0 Å². The van der Waals surface area contributed by atoms with Crippen molar-refractivity contribution in [2.75, 3.05) is 5.32 Å². The molecule has 0 spiro atoms. The molecule has 0 saturated carbocycles. The van der Waals surface area contributed by atoms with Crippen LogP contribution in [0, 0.1) is 5.82 Å². The van der Waals surface area contributed by atoms with E-state index in [0.29, 0.717) is 16.9 Å². The van der Waals surface area contributed by atoms with Gasteiger partial charge < -0.3 is 5.32 Å². The van der Waals surface area contributed by atoms with Crippen molar-refractivity contribution in [3.63, 3.8) is 0 Å². The van der Waals surface area contributed by atoms with Crippen LogP contribution in [0.15, 0.2) is 77.7 Å². The summed E-state index contributed by atoms with van der Waals surface area (Å²) in [4.78, 5) is 29.4. The Kier molecular flexibility index (Phi) is 4.87. The molecule has 0 radical (unpaired) electrons. The minimum Gasteiger partial charge on any atom is -0.324 e. The van der Waals surface area contributed by atoms with Gasteiger partial charge in [0.25, 0.3) is 5.56 Å². The zero-order valence-electron chi connectivity index (χ0n) is 15.5. The number of carbonyl (C=O) groups is 1. The predicted octanol–water partition coefficient (Wildman–Crippen LogP) is 3.80. The average molecular weight is 388 g/mol. The minimum absolute atomic E-state index is 0.362. The Balaban J connectivity index is 1.64. The van der Waals surface area contributed by atoms with Crippen LogP contribution in [0.1, 0.15) is 13.0 Å². The molecule has 1 atom stereocenters. The van der Waals surface area contributed by atoms with Crippen LogP contribution in [0.2, 0.25) is 0 Å². The normalized spacial score (nSPS) is 11.9. The second kappa shape index (κ2) is 7.63. The number of aromatic nitrogens is 3. The first-order chi connectivity index (χ1) is 14.0. The van der Waals surface area contributed by atoms with Gasteiger partial charge in [0.2, 0.25) is 5.91 Å². The molecule has 1 amide bonds. The molecule has 2 heterocycles. The molecule has 7 heteroatoms. The van der Waals surface area contributed by atoms with E-state index in [1.54, 1.807) is 49.5 Å². The van der Waals surface area contributed by atoms with Crippen LogP contribution >= 0.6 is 0 Å². The number of fused-ring (bicyclic) bond motifs is 1. The summed E-state index contributed by atoms with van der Waals surface area (Å²) >= 11 is 0. The Morgan fingerprint density at radius 3 is 2.62 bits per heavy atom. The van der Waals surface area contributed by atoms with E-state index in [9.17, 15) is 14.0 Å². The maximum absolute atomic E-state index is 13.2. The van der Waals surface area contributed by atoms with Crippen LogP contribution in [0.5, 0.6) is 0 Å². The van der Waals surface area contributed by atoms with Gasteiger partial charge in [-0.15, -0.1) is 0 Å². The number of hydrogen-bond donors (Lipinski definition) is 1. The smallest absolute Gasteiger partial charge is 0.267 e. The molecule has 4 rings (SSSR count). The summed E-state index contributed by atoms with van der Waals surface area (Å²) in [5, 5.41) is 7.96. The zero-order chi connectivity index (χ0) is 20.4. The molecule has 0 aliphatic carbocycles. The van der Waals surface area contributed by atoms with Crippen LogP contribution in [-0.2, 0) is 4.79 Å². The number of pyridine rings is 1. The number of nitrogens with zero attached hydrogens (tertiary/aromatic N) is 3. The Morgan fingerprint density at radius 1 is 1.03 bits per heavy atom. The molecule has 0 aliphatic heterocycles. The lowest BCUT2D eigenvalue weighted by Gasteiger charge is -2.16. The van der Waals surface area contributed by atoms with Crippen molar-refractivity contribution < 1.29 is 9.18 Å². The molecule has 2 aromatic heterocycles. The number of anilines is 1. The minimum atomic E-state index is -0.852. The highest BCUT2D eigenvalue weighted by Gasteiger charge is 2.19. The molecule has 6 nitrogen and oxygen atoms in total. The molecule has 144 valence electrons. The Hall–Kier alpha value is -3.87. The monoisotopic (exact) mass is 388 g/mol. The third kappa shape index (κ3) is 3.75. The molecular weight excluding hydrogens is 371 g/mol. The number of nitrogens with one attached hydrogen (secondary N) is 1. The summed E-state index contributed by atoms with van der Waals surface area (Å²) in [6, 6.07) is 16.9. The van der Waals surface area contributed by atoms with Gasteiger partial charge in [-0.3, -0.25) is 14.6 Å². The SMILES string of the molecule is CC(C(=O)Nc1cccc2ncccc12)n1nc(-c2ccc(F)cc2)ccc1=O. The molecule has 0 aliphatic rings. The van der Waals surface area contributed by atoms with Crippen molar-refractivity contribution in [2.24, 2.45) is 0 Å². The van der Waals surface area contributed by atoms with E-state index in [-0.39, 0.29) is 11.7 Å². The molecule has 29 heavy (non-hydrogen) atoms. The van der Waals surface area contributed by atoms with Crippen molar-refractivity contribution in [1.82, 2.24) is 14.8 Å². The maximum atomic E-state index is 13.2. The van der Waals surface area contributed by atoms with Crippen LogP contribution in [0.25, 0.3) is 22.2 Å². The standard InChI is InChI=1S/C22H17FN4O2/c1-14(22(29)25-20-6-2-5-19-17(20)4-3-13-24-19)27-21(28)12-11-18(26-27)15-7-9-16(23)10-8-15/h2-14H,1H3,(H,25,29). The second-order valence-electron chi connectivity index (χ2n) is 6.55. The first-order valence-corrected chi connectivity index (χ1v) is 9.03. The highest BCUT2D eigenvalue weighted by atomic mass is 19.1. The highest BCUT2D eigenvalue weighted by Crippen LogP contribution is 2.22. The van der Waals surface area contributed by atoms with E-state index >= 15 is 0 Å². The van der Waals surface area contributed by atoms with Crippen molar-refractivity contribution >= 4 is 22.5 Å². The van der Waals surface area contributed by atoms with Crippen LogP contribution in [0.4, 0.5) is 10.1 Å². The third-order valence-electron chi connectivity index (χ3n) is 4.61. The fourth-order valence-corrected chi connectivity index (χ4v) is 3.04. The van der Waals surface area contributed by atoms with Crippen LogP contribution < -0.4 is 10.9 Å². The van der Waals surface area contributed by atoms with E-state index < -0.39 is 11.6 Å². The van der Waals surface area contributed by atoms with Crippen LogP contribution in [0.3, 0.4) is 0 Å². The van der Waals surface area contributed by atoms with Crippen molar-refractivity contribution in [2.45, 2.75) is 13.0 Å². The number of carbonyl (C=O) groups excluding carboxylic acids is 1. The van der Waals surface area contributed by atoms with Gasteiger partial charge in [-0.2, -0.15) is 5.10 Å². The Bertz CT molecular complexity index is 1250. The second-order valence-corrected chi connectivity index (χ2v) is 6.55. The van der Waals surface area contributed by atoms with E-state index in [1.807, 2.05) is 12.1 Å². The fourth-order valence-electron chi connectivity index (χ4n) is 3.04. The molecule has 2 aromatic carbocycles. The Labute approximate surface area is 165 Å². The number of hydrogen-bond acceptors (Lipinski definition) is 4. The topological polar surface area (TPSA) is 76.9 Å². The van der Waals surface area contributed by atoms with E-state index in [0.717, 1.165) is 15.6 Å². The summed E-state index contributed by atoms with van der Waals surface area (Å²) in [7, 11) is 0. The molecule has 0 fully saturated rings. The quantitative estimate of drug-likeness (QED) is 0.577. The van der Waals surface area contributed by atoms with Gasteiger partial charge in [0.05, 0.1) is 16.9 Å². The van der Waals surface area contributed by atoms with E-state index in [1.165, 1.54) is 18.2 Å². The number of amides is 1. The van der Waals surface area contributed by atoms with Gasteiger partial charge >= 0.3 is 0 Å². The first-order valence-electron chi connectivity index (χ1n) is 9.03. The molecule has 0 bridgehead atoms. The molecule has 0 saturated heterocycles. The van der Waals surface area contributed by atoms with Gasteiger partial charge in [0, 0.05) is 23.2 Å². The molecule has 1 N–H and O–H groups in total. The number of halogens is 1. The van der Waals surface area contributed by atoms with Crippen LogP contribution in [-0.4, -0.2) is 20.7 Å². The van der Waals surface area contributed by atoms with Crippen molar-refractivity contribution in [3.05, 3.63) is 89.1 Å². The Morgan fingerprint density at radius 2 is 1.83 bits per heavy atom. The lowest BCUT2D eigenvalue weighted by molar-refractivity contribution is -0.119. The van der Waals surface area contributed by atoms with Gasteiger partial charge in [-0.05, 0) is 61.5 Å². The molecular formula is C22H17FN4O2. The molecule has 1 unspecified atom stereocenters. The average Bonchev–Trinajstić information content (AvgIpc) is 2.74.